The van der Waals surface area contributed by atoms with Crippen molar-refractivity contribution in [3.05, 3.63) is 59.0 Å². The highest BCUT2D eigenvalue weighted by Gasteiger charge is 2.44. The van der Waals surface area contributed by atoms with Crippen LogP contribution in [0.4, 0.5) is 19.0 Å². The summed E-state index contributed by atoms with van der Waals surface area (Å²) in [5.41, 5.74) is 5.71. The summed E-state index contributed by atoms with van der Waals surface area (Å²) in [6.07, 6.45) is -9.22. The molecule has 1 aromatic heterocycles. The van der Waals surface area contributed by atoms with E-state index in [1.54, 1.807) is 31.4 Å². The number of halogens is 3. The van der Waals surface area contributed by atoms with E-state index in [1.807, 2.05) is 24.3 Å². The molecule has 36 heavy (non-hydrogen) atoms. The van der Waals surface area contributed by atoms with Crippen LogP contribution in [-0.4, -0.2) is 68.2 Å². The molecule has 1 fully saturated rings. The molecule has 2 aromatic carbocycles. The Morgan fingerprint density at radius 2 is 1.78 bits per heavy atom. The number of methoxy groups -OCH3 is 1. The van der Waals surface area contributed by atoms with Crippen molar-refractivity contribution in [3.8, 4) is 5.75 Å². The van der Waals surface area contributed by atoms with Crippen molar-refractivity contribution < 1.29 is 42.8 Å². The zero-order valence-electron chi connectivity index (χ0n) is 18.6. The molecule has 2 heterocycles. The lowest BCUT2D eigenvalue weighted by molar-refractivity contribution is -0.192. The minimum atomic E-state index is -5.08. The Morgan fingerprint density at radius 3 is 2.36 bits per heavy atom. The second kappa shape index (κ2) is 11.2. The first kappa shape index (κ1) is 27.3. The molecule has 4 atom stereocenters. The molecule has 1 saturated heterocycles. The highest BCUT2D eigenvalue weighted by Crippen LogP contribution is 2.34. The molecule has 1 aliphatic heterocycles. The van der Waals surface area contributed by atoms with Crippen LogP contribution in [0.3, 0.4) is 0 Å². The van der Waals surface area contributed by atoms with Crippen molar-refractivity contribution in [2.45, 2.75) is 35.6 Å². The molecule has 0 spiro atoms. The third-order valence-corrected chi connectivity index (χ3v) is 6.27. The van der Waals surface area contributed by atoms with E-state index in [-0.39, 0.29) is 5.82 Å². The predicted molar refractivity (Wildman–Crippen MR) is 124 cm³/mol. The molecule has 3 aromatic rings. The first-order valence-electron chi connectivity index (χ1n) is 10.3. The topological polar surface area (TPSA) is 157 Å². The summed E-state index contributed by atoms with van der Waals surface area (Å²) in [5.74, 6) is -1.49. The summed E-state index contributed by atoms with van der Waals surface area (Å²) >= 11 is 1.48. The normalized spacial score (nSPS) is 21.6. The van der Waals surface area contributed by atoms with Gasteiger partial charge < -0.3 is 30.5 Å². The van der Waals surface area contributed by atoms with Crippen LogP contribution in [0.5, 0.6) is 5.75 Å². The number of nitrogen functional groups attached to an aromatic ring is 1. The Labute approximate surface area is 206 Å². The highest BCUT2D eigenvalue weighted by molar-refractivity contribution is 7.99. The summed E-state index contributed by atoms with van der Waals surface area (Å²) in [7, 11) is 1.60. The molecular formula is C22H22F3N3O7S. The van der Waals surface area contributed by atoms with Crippen LogP contribution in [0, 0.1) is 0 Å². The number of carboxylic acid groups (broad SMARTS) is 1. The zero-order chi connectivity index (χ0) is 26.6. The van der Waals surface area contributed by atoms with Gasteiger partial charge in [-0.2, -0.15) is 18.2 Å². The van der Waals surface area contributed by atoms with E-state index in [4.69, 9.17) is 25.1 Å². The van der Waals surface area contributed by atoms with Gasteiger partial charge in [-0.15, -0.1) is 11.8 Å². The number of nitrogens with zero attached hydrogens (tertiary/aromatic N) is 2. The highest BCUT2D eigenvalue weighted by atomic mass is 32.2. The molecule has 0 amide bonds. The van der Waals surface area contributed by atoms with Gasteiger partial charge >= 0.3 is 17.8 Å². The van der Waals surface area contributed by atoms with Gasteiger partial charge in [-0.3, -0.25) is 4.57 Å². The number of nitrogens with two attached hydrogens (primary N) is 1. The van der Waals surface area contributed by atoms with Crippen molar-refractivity contribution in [3.63, 3.8) is 0 Å². The Morgan fingerprint density at radius 1 is 1.17 bits per heavy atom. The number of thioether (sulfide) groups is 1. The van der Waals surface area contributed by atoms with E-state index in [9.17, 15) is 28.2 Å². The van der Waals surface area contributed by atoms with Gasteiger partial charge in [0.1, 0.15) is 23.8 Å². The Hall–Kier alpha value is -3.33. The van der Waals surface area contributed by atoms with E-state index >= 15 is 0 Å². The average molecular weight is 529 g/mol. The number of fused-ring (bicyclic) bond motifs is 1. The summed E-state index contributed by atoms with van der Waals surface area (Å²) in [6, 6.07) is 14.5. The fourth-order valence-electron chi connectivity index (χ4n) is 3.40. The van der Waals surface area contributed by atoms with Crippen LogP contribution >= 0.6 is 11.8 Å². The third-order valence-electron chi connectivity index (χ3n) is 5.17. The van der Waals surface area contributed by atoms with Gasteiger partial charge in [0.05, 0.1) is 18.7 Å². The number of benzene rings is 2. The van der Waals surface area contributed by atoms with Gasteiger partial charge in [-0.05, 0) is 36.4 Å². The van der Waals surface area contributed by atoms with Crippen LogP contribution in [-0.2, 0) is 9.53 Å². The molecule has 0 saturated carbocycles. The number of hydrogen-bond acceptors (Lipinski definition) is 9. The largest absolute Gasteiger partial charge is 0.497 e. The molecule has 194 valence electrons. The van der Waals surface area contributed by atoms with Crippen LogP contribution in [0.15, 0.2) is 58.2 Å². The predicted octanol–water partition coefficient (Wildman–Crippen LogP) is 2.03. The van der Waals surface area contributed by atoms with Crippen molar-refractivity contribution in [1.29, 1.82) is 0 Å². The summed E-state index contributed by atoms with van der Waals surface area (Å²) < 4.78 is 44.0. The first-order valence-corrected chi connectivity index (χ1v) is 11.3. The van der Waals surface area contributed by atoms with Crippen LogP contribution in [0.2, 0.25) is 0 Å². The third kappa shape index (κ3) is 6.07. The number of hydrogen-bond donors (Lipinski definition) is 4. The zero-order valence-corrected chi connectivity index (χ0v) is 19.4. The molecule has 1 aliphatic rings. The maximum absolute atomic E-state index is 12.5. The summed E-state index contributed by atoms with van der Waals surface area (Å²) in [4.78, 5) is 26.2. The standard InChI is InChI=1S/C20H21N3O5S.C2HF3O2/c1-27-11-6-8-12(9-7-11)29-10-15-16(24)17(25)19(28-15)23-14-5-3-2-4-13(14)18(21)22-20(23)26;3-2(4,5)1(6)7/h2-9,15-17,19,24-25H,10H2,1H3,(H2,21,22,26);(H,6,7)/t15-,16-,17-,19-;/m1./s1. The van der Waals surface area contributed by atoms with Crippen molar-refractivity contribution in [1.82, 2.24) is 9.55 Å². The van der Waals surface area contributed by atoms with Gasteiger partial charge in [-0.1, -0.05) is 12.1 Å². The molecule has 0 unspecified atom stereocenters. The smallest absolute Gasteiger partial charge is 0.490 e. The quantitative estimate of drug-likeness (QED) is 0.361. The number of ether oxygens (including phenoxy) is 2. The second-order valence-corrected chi connectivity index (χ2v) is 8.60. The lowest BCUT2D eigenvalue weighted by atomic mass is 10.1. The van der Waals surface area contributed by atoms with E-state index in [0.29, 0.717) is 16.7 Å². The van der Waals surface area contributed by atoms with E-state index < -0.39 is 42.4 Å². The van der Waals surface area contributed by atoms with E-state index in [2.05, 4.69) is 4.98 Å². The number of para-hydroxylation sites is 1. The van der Waals surface area contributed by atoms with Crippen molar-refractivity contribution in [2.75, 3.05) is 18.6 Å². The summed E-state index contributed by atoms with van der Waals surface area (Å²) in [5, 5.41) is 28.8. The number of aliphatic hydroxyl groups excluding tert-OH is 2. The maximum Gasteiger partial charge on any atom is 0.490 e. The van der Waals surface area contributed by atoms with Crippen LogP contribution in [0.1, 0.15) is 6.23 Å². The monoisotopic (exact) mass is 529 g/mol. The Balaban J connectivity index is 0.000000454. The van der Waals surface area contributed by atoms with Gasteiger partial charge in [0, 0.05) is 16.0 Å². The number of aromatic nitrogens is 2. The SMILES string of the molecule is COc1ccc(SC[C@H]2O[C@@H](n3c(=O)nc(N)c4ccccc43)[C@H](O)[C@@H]2O)cc1.O=C(O)C(F)(F)F. The number of aliphatic carboxylic acids is 1. The summed E-state index contributed by atoms with van der Waals surface area (Å²) in [6.45, 7) is 0. The van der Waals surface area contributed by atoms with Gasteiger partial charge in [0.2, 0.25) is 0 Å². The maximum atomic E-state index is 12.5. The fraction of sp³-hybridized carbons (Fsp3) is 0.318. The van der Waals surface area contributed by atoms with Gasteiger partial charge in [-0.25, -0.2) is 9.59 Å². The number of alkyl halides is 3. The molecule has 4 rings (SSSR count). The number of carbonyl (C=O) groups is 1. The second-order valence-electron chi connectivity index (χ2n) is 7.50. The molecule has 0 aliphatic carbocycles. The van der Waals surface area contributed by atoms with E-state index in [0.717, 1.165) is 10.6 Å². The Bertz CT molecular complexity index is 1270. The van der Waals surface area contributed by atoms with Gasteiger partial charge in [0.15, 0.2) is 6.23 Å². The van der Waals surface area contributed by atoms with Crippen molar-refractivity contribution >= 4 is 34.5 Å². The fourth-order valence-corrected chi connectivity index (χ4v) is 4.36. The molecule has 5 N–H and O–H groups in total. The van der Waals surface area contributed by atoms with E-state index in [1.165, 1.54) is 16.3 Å². The molecule has 0 bridgehead atoms. The van der Waals surface area contributed by atoms with Crippen LogP contribution in [0.25, 0.3) is 10.9 Å². The number of carboxylic acids is 1. The molecule has 0 radical (unpaired) electrons. The first-order chi connectivity index (χ1) is 16.9. The Kier molecular flexibility index (Phi) is 8.45. The molecular weight excluding hydrogens is 507 g/mol. The van der Waals surface area contributed by atoms with Crippen molar-refractivity contribution in [2.24, 2.45) is 0 Å². The number of aliphatic hydroxyl groups is 2. The minimum absolute atomic E-state index is 0.112. The van der Waals surface area contributed by atoms with Gasteiger partial charge in [0.25, 0.3) is 0 Å². The average Bonchev–Trinajstić information content (AvgIpc) is 3.11. The molecule has 10 nitrogen and oxygen atoms in total. The number of rotatable bonds is 5. The number of anilines is 1. The minimum Gasteiger partial charge on any atom is -0.497 e. The molecule has 14 heteroatoms. The lowest BCUT2D eigenvalue weighted by Crippen LogP contribution is -2.36. The van der Waals surface area contributed by atoms with Crippen LogP contribution < -0.4 is 16.2 Å². The lowest BCUT2D eigenvalue weighted by Gasteiger charge is -2.20.